The Morgan fingerprint density at radius 2 is 1.70 bits per heavy atom. The third-order valence-electron chi connectivity index (χ3n) is 6.75. The second-order valence-corrected chi connectivity index (χ2v) is 8.96. The van der Waals surface area contributed by atoms with Crippen LogP contribution in [0, 0.1) is 0 Å². The van der Waals surface area contributed by atoms with Gasteiger partial charge in [-0.15, -0.1) is 0 Å². The lowest BCUT2D eigenvalue weighted by molar-refractivity contribution is 0.476. The van der Waals surface area contributed by atoms with Crippen LogP contribution in [0.15, 0.2) is 71.7 Å². The fourth-order valence-electron chi connectivity index (χ4n) is 4.70. The molecule has 0 aliphatic carbocycles. The number of anilines is 1. The van der Waals surface area contributed by atoms with E-state index in [1.165, 1.54) is 5.56 Å². The summed E-state index contributed by atoms with van der Waals surface area (Å²) in [4.78, 5) is 6.12. The number of hydrogen-bond donors (Lipinski definition) is 1. The number of aliphatic imine (C=N–C) groups is 1. The molecule has 166 valence electrons. The SMILES string of the molecule is C=Nc1ccc(C2(C)C=c3/c(=C\c4ccc(N(C)C)cc4)c4cc(O)ccc4n3N2C)cc1. The van der Waals surface area contributed by atoms with Gasteiger partial charge in [-0.05, 0) is 79.4 Å². The summed E-state index contributed by atoms with van der Waals surface area (Å²) in [7, 11) is 6.19. The number of phenolic OH excluding ortho intramolecular Hbond substituents is 1. The highest BCUT2D eigenvalue weighted by Crippen LogP contribution is 2.33. The van der Waals surface area contributed by atoms with Gasteiger partial charge in [0.05, 0.1) is 22.1 Å². The first kappa shape index (κ1) is 20.9. The smallest absolute Gasteiger partial charge is 0.116 e. The largest absolute Gasteiger partial charge is 0.508 e. The standard InChI is InChI=1S/C28H28N4O/c1-28(20-8-10-21(29-2)11-9-20)18-27-24(16-19-6-12-22(13-7-19)30(3)4)25-17-23(33)14-15-26(25)32(27)31(28)5/h6-18,33H,2H2,1,3-5H3/b24-16-. The molecular formula is C28H28N4O. The van der Waals surface area contributed by atoms with E-state index in [1.807, 2.05) is 38.4 Å². The van der Waals surface area contributed by atoms with Crippen molar-refractivity contribution in [1.29, 1.82) is 0 Å². The molecule has 1 unspecified atom stereocenters. The van der Waals surface area contributed by atoms with Crippen LogP contribution in [-0.4, -0.2) is 37.6 Å². The van der Waals surface area contributed by atoms with Gasteiger partial charge in [-0.2, -0.15) is 0 Å². The van der Waals surface area contributed by atoms with E-state index in [9.17, 15) is 5.11 Å². The number of aromatic nitrogens is 1. The summed E-state index contributed by atoms with van der Waals surface area (Å²) in [6, 6.07) is 22.3. The van der Waals surface area contributed by atoms with Crippen molar-refractivity contribution < 1.29 is 5.11 Å². The first-order valence-electron chi connectivity index (χ1n) is 11.0. The van der Waals surface area contributed by atoms with Gasteiger partial charge in [-0.25, -0.2) is 0 Å². The van der Waals surface area contributed by atoms with Gasteiger partial charge in [0.1, 0.15) is 5.75 Å². The zero-order valence-corrected chi connectivity index (χ0v) is 19.4. The van der Waals surface area contributed by atoms with E-state index in [0.29, 0.717) is 0 Å². The summed E-state index contributed by atoms with van der Waals surface area (Å²) >= 11 is 0. The number of rotatable bonds is 4. The molecule has 2 heterocycles. The Labute approximate surface area is 193 Å². The molecular weight excluding hydrogens is 408 g/mol. The predicted octanol–water partition coefficient (Wildman–Crippen LogP) is 3.85. The van der Waals surface area contributed by atoms with Crippen LogP contribution in [0.2, 0.25) is 0 Å². The molecule has 5 rings (SSSR count). The third-order valence-corrected chi connectivity index (χ3v) is 6.75. The molecule has 1 aliphatic heterocycles. The van der Waals surface area contributed by atoms with Crippen LogP contribution in [0.1, 0.15) is 18.1 Å². The van der Waals surface area contributed by atoms with E-state index in [4.69, 9.17) is 0 Å². The Morgan fingerprint density at radius 1 is 1.00 bits per heavy atom. The lowest BCUT2D eigenvalue weighted by atomic mass is 9.91. The average molecular weight is 437 g/mol. The van der Waals surface area contributed by atoms with Crippen LogP contribution in [-0.2, 0) is 5.54 Å². The molecule has 3 aromatic carbocycles. The molecule has 0 bridgehead atoms. The highest BCUT2D eigenvalue weighted by atomic mass is 16.3. The van der Waals surface area contributed by atoms with Gasteiger partial charge in [-0.1, -0.05) is 24.3 Å². The molecule has 5 nitrogen and oxygen atoms in total. The molecule has 1 aromatic heterocycles. The quantitative estimate of drug-likeness (QED) is 0.494. The fraction of sp³-hybridized carbons (Fsp3) is 0.179. The number of hydrogen-bond acceptors (Lipinski definition) is 4. The molecule has 0 fully saturated rings. The third kappa shape index (κ3) is 3.28. The van der Waals surface area contributed by atoms with Gasteiger partial charge in [0.2, 0.25) is 0 Å². The summed E-state index contributed by atoms with van der Waals surface area (Å²) in [6.07, 6.45) is 4.51. The summed E-state index contributed by atoms with van der Waals surface area (Å²) in [5.74, 6) is 0.266. The molecule has 1 N–H and O–H groups in total. The topological polar surface area (TPSA) is 44.0 Å². The van der Waals surface area contributed by atoms with Crippen LogP contribution in [0.25, 0.3) is 23.1 Å². The zero-order chi connectivity index (χ0) is 23.3. The molecule has 1 atom stereocenters. The van der Waals surface area contributed by atoms with Crippen LogP contribution >= 0.6 is 0 Å². The number of phenols is 1. The van der Waals surface area contributed by atoms with Crippen molar-refractivity contribution in [2.75, 3.05) is 31.1 Å². The molecule has 5 heteroatoms. The second-order valence-electron chi connectivity index (χ2n) is 8.96. The molecule has 4 aromatic rings. The lowest BCUT2D eigenvalue weighted by Gasteiger charge is -2.35. The maximum Gasteiger partial charge on any atom is 0.116 e. The molecule has 0 radical (unpaired) electrons. The van der Waals surface area contributed by atoms with Gasteiger partial charge in [0.25, 0.3) is 0 Å². The van der Waals surface area contributed by atoms with Gasteiger partial charge in [0, 0.05) is 37.4 Å². The Morgan fingerprint density at radius 3 is 2.33 bits per heavy atom. The highest BCUT2D eigenvalue weighted by molar-refractivity contribution is 5.86. The Balaban J connectivity index is 1.76. The Bertz CT molecular complexity index is 1480. The molecule has 0 saturated carbocycles. The molecule has 1 aliphatic rings. The van der Waals surface area contributed by atoms with Crippen molar-refractivity contribution in [3.8, 4) is 5.75 Å². The van der Waals surface area contributed by atoms with Crippen molar-refractivity contribution in [2.24, 2.45) is 4.99 Å². The van der Waals surface area contributed by atoms with E-state index in [-0.39, 0.29) is 11.3 Å². The maximum absolute atomic E-state index is 10.2. The minimum Gasteiger partial charge on any atom is -0.508 e. The zero-order valence-electron chi connectivity index (χ0n) is 19.4. The number of nitrogens with zero attached hydrogens (tertiary/aromatic N) is 4. The minimum absolute atomic E-state index is 0.266. The first-order chi connectivity index (χ1) is 15.8. The number of benzene rings is 3. The fourth-order valence-corrected chi connectivity index (χ4v) is 4.70. The second kappa shape index (κ2) is 7.55. The van der Waals surface area contributed by atoms with Crippen molar-refractivity contribution in [1.82, 2.24) is 4.68 Å². The van der Waals surface area contributed by atoms with Crippen LogP contribution < -0.4 is 20.5 Å². The van der Waals surface area contributed by atoms with Crippen molar-refractivity contribution in [3.63, 3.8) is 0 Å². The first-order valence-corrected chi connectivity index (χ1v) is 11.0. The van der Waals surface area contributed by atoms with E-state index in [0.717, 1.165) is 38.4 Å². The number of aromatic hydroxyl groups is 1. The van der Waals surface area contributed by atoms with Crippen molar-refractivity contribution in [3.05, 3.63) is 88.4 Å². The Hall–Kier alpha value is -3.99. The predicted molar refractivity (Wildman–Crippen MR) is 139 cm³/mol. The molecule has 33 heavy (non-hydrogen) atoms. The highest BCUT2D eigenvalue weighted by Gasteiger charge is 2.36. The normalized spacial score (nSPS) is 17.8. The maximum atomic E-state index is 10.2. The van der Waals surface area contributed by atoms with Crippen LogP contribution in [0.3, 0.4) is 0 Å². The van der Waals surface area contributed by atoms with Gasteiger partial charge in [0.15, 0.2) is 0 Å². The van der Waals surface area contributed by atoms with Gasteiger partial charge >= 0.3 is 0 Å². The lowest BCUT2D eigenvalue weighted by Crippen LogP contribution is -2.44. The number of fused-ring (bicyclic) bond motifs is 3. The summed E-state index contributed by atoms with van der Waals surface area (Å²) in [5, 5.41) is 15.7. The summed E-state index contributed by atoms with van der Waals surface area (Å²) in [5.41, 5.74) is 5.04. The monoisotopic (exact) mass is 436 g/mol. The van der Waals surface area contributed by atoms with Crippen molar-refractivity contribution >= 4 is 41.1 Å². The molecule has 0 spiro atoms. The van der Waals surface area contributed by atoms with E-state index in [1.54, 1.807) is 6.07 Å². The van der Waals surface area contributed by atoms with Crippen LogP contribution in [0.4, 0.5) is 11.4 Å². The Kier molecular flexibility index (Phi) is 4.78. The summed E-state index contributed by atoms with van der Waals surface area (Å²) in [6.45, 7) is 5.84. The minimum atomic E-state index is -0.335. The van der Waals surface area contributed by atoms with Gasteiger partial charge < -0.3 is 15.0 Å². The van der Waals surface area contributed by atoms with Crippen LogP contribution in [0.5, 0.6) is 5.75 Å². The van der Waals surface area contributed by atoms with Gasteiger partial charge in [-0.3, -0.25) is 9.67 Å². The molecule has 0 saturated heterocycles. The van der Waals surface area contributed by atoms with Crippen molar-refractivity contribution in [2.45, 2.75) is 12.5 Å². The van der Waals surface area contributed by atoms with E-state index < -0.39 is 0 Å². The van der Waals surface area contributed by atoms with E-state index >= 15 is 0 Å². The van der Waals surface area contributed by atoms with E-state index in [2.05, 4.69) is 88.8 Å². The average Bonchev–Trinajstić information content (AvgIpc) is 3.25. The molecule has 0 amide bonds. The summed E-state index contributed by atoms with van der Waals surface area (Å²) < 4.78 is 2.24.